The summed E-state index contributed by atoms with van der Waals surface area (Å²) in [6.45, 7) is 0.899. The van der Waals surface area contributed by atoms with E-state index in [1.54, 1.807) is 23.3 Å². The third-order valence-electron chi connectivity index (χ3n) is 2.42. The van der Waals surface area contributed by atoms with Crippen molar-refractivity contribution in [2.75, 3.05) is 6.54 Å². The van der Waals surface area contributed by atoms with Crippen LogP contribution in [0.1, 0.15) is 5.76 Å². The van der Waals surface area contributed by atoms with E-state index in [0.29, 0.717) is 12.3 Å². The summed E-state index contributed by atoms with van der Waals surface area (Å²) in [5.74, 6) is 0.404. The van der Waals surface area contributed by atoms with Crippen LogP contribution in [0.4, 0.5) is 0 Å². The van der Waals surface area contributed by atoms with Gasteiger partial charge in [0.15, 0.2) is 4.67 Å². The quantitative estimate of drug-likeness (QED) is 0.798. The lowest BCUT2D eigenvalue weighted by atomic mass is 10.5. The molecule has 7 nitrogen and oxygen atoms in total. The van der Waals surface area contributed by atoms with Gasteiger partial charge >= 0.3 is 0 Å². The molecule has 0 radical (unpaired) electrons. The van der Waals surface area contributed by atoms with E-state index in [9.17, 15) is 8.42 Å². The molecule has 0 unspecified atom stereocenters. The Labute approximate surface area is 119 Å². The highest BCUT2D eigenvalue weighted by Gasteiger charge is 2.21. The summed E-state index contributed by atoms with van der Waals surface area (Å²) in [5, 5.41) is 0. The van der Waals surface area contributed by atoms with Crippen LogP contribution < -0.4 is 10.5 Å². The van der Waals surface area contributed by atoms with Crippen molar-refractivity contribution < 1.29 is 12.8 Å². The molecule has 2 aromatic heterocycles. The van der Waals surface area contributed by atoms with Gasteiger partial charge in [0, 0.05) is 31.5 Å². The zero-order valence-corrected chi connectivity index (χ0v) is 12.3. The molecular formula is C10H13BrN4O3S. The number of rotatable bonds is 6. The van der Waals surface area contributed by atoms with E-state index in [4.69, 9.17) is 10.2 Å². The summed E-state index contributed by atoms with van der Waals surface area (Å²) in [6, 6.07) is 1.41. The van der Waals surface area contributed by atoms with Gasteiger partial charge in [0.1, 0.15) is 10.7 Å². The van der Waals surface area contributed by atoms with E-state index in [2.05, 4.69) is 25.6 Å². The maximum absolute atomic E-state index is 12.0. The molecule has 2 aromatic rings. The minimum atomic E-state index is -3.61. The van der Waals surface area contributed by atoms with Crippen molar-refractivity contribution in [1.29, 1.82) is 0 Å². The van der Waals surface area contributed by atoms with Crippen molar-refractivity contribution in [3.8, 4) is 0 Å². The Morgan fingerprint density at radius 1 is 1.53 bits per heavy atom. The smallest absolute Gasteiger partial charge is 0.245 e. The summed E-state index contributed by atoms with van der Waals surface area (Å²) < 4.78 is 33.7. The van der Waals surface area contributed by atoms with Crippen molar-refractivity contribution in [3.05, 3.63) is 35.2 Å². The molecular weight excluding hydrogens is 336 g/mol. The van der Waals surface area contributed by atoms with E-state index in [0.717, 1.165) is 0 Å². The van der Waals surface area contributed by atoms with Gasteiger partial charge in [0.2, 0.25) is 10.0 Å². The molecule has 19 heavy (non-hydrogen) atoms. The topological polar surface area (TPSA) is 103 Å². The van der Waals surface area contributed by atoms with E-state index in [1.807, 2.05) is 0 Å². The van der Waals surface area contributed by atoms with Gasteiger partial charge < -0.3 is 14.7 Å². The molecule has 0 aliphatic carbocycles. The lowest BCUT2D eigenvalue weighted by Crippen LogP contribution is -2.27. The summed E-state index contributed by atoms with van der Waals surface area (Å²) in [4.78, 5) is 3.93. The molecule has 104 valence electrons. The van der Waals surface area contributed by atoms with Crippen molar-refractivity contribution in [1.82, 2.24) is 14.3 Å². The van der Waals surface area contributed by atoms with Crippen LogP contribution in [0.15, 0.2) is 38.8 Å². The molecule has 0 bridgehead atoms. The summed E-state index contributed by atoms with van der Waals surface area (Å²) in [7, 11) is -3.61. The first-order valence-corrected chi connectivity index (χ1v) is 7.74. The van der Waals surface area contributed by atoms with Crippen LogP contribution in [0, 0.1) is 0 Å². The van der Waals surface area contributed by atoms with Crippen LogP contribution in [0.2, 0.25) is 0 Å². The summed E-state index contributed by atoms with van der Waals surface area (Å²) >= 11 is 3.07. The van der Waals surface area contributed by atoms with Gasteiger partial charge in [-0.15, -0.1) is 0 Å². The van der Waals surface area contributed by atoms with Crippen LogP contribution in [-0.4, -0.2) is 24.5 Å². The number of hydrogen-bond acceptors (Lipinski definition) is 5. The van der Waals surface area contributed by atoms with Gasteiger partial charge in [-0.2, -0.15) is 0 Å². The average molecular weight is 349 g/mol. The number of imidazole rings is 1. The van der Waals surface area contributed by atoms with Crippen LogP contribution in [0.25, 0.3) is 0 Å². The van der Waals surface area contributed by atoms with Crippen LogP contribution in [0.5, 0.6) is 0 Å². The number of nitrogens with two attached hydrogens (primary N) is 1. The molecule has 0 saturated carbocycles. The van der Waals surface area contributed by atoms with Crippen molar-refractivity contribution >= 4 is 26.0 Å². The molecule has 0 atom stereocenters. The lowest BCUT2D eigenvalue weighted by molar-refractivity contribution is 0.483. The second kappa shape index (κ2) is 5.87. The molecule has 0 saturated heterocycles. The minimum Gasteiger partial charge on any atom is -0.452 e. The number of sulfonamides is 1. The normalized spacial score (nSPS) is 11.9. The molecule has 3 N–H and O–H groups in total. The number of nitrogens with one attached hydrogen (secondary N) is 1. The molecule has 2 rings (SSSR count). The second-order valence-corrected chi connectivity index (χ2v) is 6.21. The molecule has 9 heteroatoms. The van der Waals surface area contributed by atoms with Gasteiger partial charge in [-0.3, -0.25) is 0 Å². The van der Waals surface area contributed by atoms with Gasteiger partial charge in [-0.25, -0.2) is 18.1 Å². The molecule has 0 spiro atoms. The summed E-state index contributed by atoms with van der Waals surface area (Å²) in [5.41, 5.74) is 5.40. The van der Waals surface area contributed by atoms with Crippen LogP contribution >= 0.6 is 15.9 Å². The molecule has 0 amide bonds. The lowest BCUT2D eigenvalue weighted by Gasteiger charge is -2.05. The van der Waals surface area contributed by atoms with Gasteiger partial charge in [-0.05, 0) is 15.9 Å². The maximum atomic E-state index is 12.0. The van der Waals surface area contributed by atoms with Crippen molar-refractivity contribution in [3.63, 3.8) is 0 Å². The fraction of sp³-hybridized carbons (Fsp3) is 0.300. The standard InChI is InChI=1S/C10H13BrN4O3S/c11-10-9(5-8(6-12)18-10)19(16,17)14-2-4-15-3-1-13-7-15/h1,3,5,7,14H,2,4,6,12H2. The second-order valence-electron chi connectivity index (χ2n) is 3.75. The highest BCUT2D eigenvalue weighted by Crippen LogP contribution is 2.25. The van der Waals surface area contributed by atoms with E-state index < -0.39 is 10.0 Å². The first-order chi connectivity index (χ1) is 9.03. The predicted octanol–water partition coefficient (Wildman–Crippen LogP) is 0.676. The Morgan fingerprint density at radius 2 is 2.32 bits per heavy atom. The first kappa shape index (κ1) is 14.3. The molecule has 0 aliphatic heterocycles. The predicted molar refractivity (Wildman–Crippen MR) is 71.7 cm³/mol. The maximum Gasteiger partial charge on any atom is 0.245 e. The highest BCUT2D eigenvalue weighted by atomic mass is 79.9. The van der Waals surface area contributed by atoms with E-state index in [1.165, 1.54) is 6.07 Å². The fourth-order valence-electron chi connectivity index (χ4n) is 1.49. The highest BCUT2D eigenvalue weighted by molar-refractivity contribution is 9.10. The Hall–Kier alpha value is -1.16. The third kappa shape index (κ3) is 3.44. The third-order valence-corrected chi connectivity index (χ3v) is 4.74. The Balaban J connectivity index is 2.03. The van der Waals surface area contributed by atoms with Gasteiger partial charge in [0.25, 0.3) is 0 Å². The Kier molecular flexibility index (Phi) is 4.40. The minimum absolute atomic E-state index is 0.0542. The molecule has 0 aromatic carbocycles. The largest absolute Gasteiger partial charge is 0.452 e. The zero-order valence-electron chi connectivity index (χ0n) is 9.91. The van der Waals surface area contributed by atoms with Gasteiger partial charge in [0.05, 0.1) is 12.9 Å². The Bertz CT molecular complexity index is 636. The zero-order chi connectivity index (χ0) is 13.9. The van der Waals surface area contributed by atoms with Gasteiger partial charge in [-0.1, -0.05) is 0 Å². The number of furan rings is 1. The molecule has 2 heterocycles. The fourth-order valence-corrected chi connectivity index (χ4v) is 3.50. The summed E-state index contributed by atoms with van der Waals surface area (Å²) in [6.07, 6.45) is 5.01. The molecule has 0 aliphatic rings. The van der Waals surface area contributed by atoms with Crippen LogP contribution in [-0.2, 0) is 23.1 Å². The van der Waals surface area contributed by atoms with E-state index in [-0.39, 0.29) is 22.7 Å². The van der Waals surface area contributed by atoms with Crippen LogP contribution in [0.3, 0.4) is 0 Å². The Morgan fingerprint density at radius 3 is 2.89 bits per heavy atom. The monoisotopic (exact) mass is 348 g/mol. The SMILES string of the molecule is NCc1cc(S(=O)(=O)NCCn2ccnc2)c(Br)o1. The number of hydrogen-bond donors (Lipinski definition) is 2. The number of halogens is 1. The number of nitrogens with zero attached hydrogens (tertiary/aromatic N) is 2. The van der Waals surface area contributed by atoms with Crippen molar-refractivity contribution in [2.24, 2.45) is 5.73 Å². The number of aromatic nitrogens is 2. The van der Waals surface area contributed by atoms with E-state index >= 15 is 0 Å². The average Bonchev–Trinajstić information content (AvgIpc) is 2.98. The van der Waals surface area contributed by atoms with Crippen molar-refractivity contribution in [2.45, 2.75) is 18.0 Å². The molecule has 0 fully saturated rings. The first-order valence-electron chi connectivity index (χ1n) is 5.46.